The van der Waals surface area contributed by atoms with Gasteiger partial charge in [0.25, 0.3) is 0 Å². The summed E-state index contributed by atoms with van der Waals surface area (Å²) in [4.78, 5) is 13.7. The molecule has 0 aliphatic carbocycles. The normalized spacial score (nSPS) is 21.8. The van der Waals surface area contributed by atoms with Crippen LogP contribution in [0, 0.1) is 0 Å². The minimum atomic E-state index is -0.404. The molecule has 1 aliphatic rings. The summed E-state index contributed by atoms with van der Waals surface area (Å²) in [6.45, 7) is 8.62. The number of hydrogen-bond acceptors (Lipinski definition) is 2. The van der Waals surface area contributed by atoms with E-state index in [0.29, 0.717) is 0 Å². The predicted octanol–water partition coefficient (Wildman–Crippen LogP) is 3.35. The SMILES string of the molecule is CC/C=C/[C@@H]1CCCN1C(=O)OC(C)(C)C. The molecule has 3 heteroatoms. The van der Waals surface area contributed by atoms with Gasteiger partial charge in [0.05, 0.1) is 6.04 Å². The van der Waals surface area contributed by atoms with Gasteiger partial charge in [-0.1, -0.05) is 19.1 Å². The van der Waals surface area contributed by atoms with E-state index >= 15 is 0 Å². The average molecular weight is 225 g/mol. The standard InChI is InChI=1S/C13H23NO2/c1-5-6-8-11-9-7-10-14(11)12(15)16-13(2,3)4/h6,8,11H,5,7,9-10H2,1-4H3/b8-6+/t11-/m1/s1. The van der Waals surface area contributed by atoms with E-state index < -0.39 is 5.60 Å². The van der Waals surface area contributed by atoms with Crippen molar-refractivity contribution in [3.63, 3.8) is 0 Å². The lowest BCUT2D eigenvalue weighted by Crippen LogP contribution is -2.39. The maximum Gasteiger partial charge on any atom is 0.410 e. The first kappa shape index (κ1) is 13.1. The van der Waals surface area contributed by atoms with Crippen molar-refractivity contribution in [3.8, 4) is 0 Å². The van der Waals surface area contributed by atoms with Gasteiger partial charge in [0.2, 0.25) is 0 Å². The fourth-order valence-corrected chi connectivity index (χ4v) is 1.83. The summed E-state index contributed by atoms with van der Waals surface area (Å²) in [6.07, 6.45) is 7.19. The highest BCUT2D eigenvalue weighted by atomic mass is 16.6. The number of carbonyl (C=O) groups is 1. The molecule has 1 aliphatic heterocycles. The Morgan fingerprint density at radius 1 is 1.50 bits per heavy atom. The molecule has 0 radical (unpaired) electrons. The van der Waals surface area contributed by atoms with E-state index in [1.807, 2.05) is 25.7 Å². The molecule has 0 unspecified atom stereocenters. The highest BCUT2D eigenvalue weighted by Gasteiger charge is 2.30. The molecule has 92 valence electrons. The Bertz CT molecular complexity index is 266. The minimum Gasteiger partial charge on any atom is -0.444 e. The zero-order valence-electron chi connectivity index (χ0n) is 10.8. The molecule has 1 atom stereocenters. The lowest BCUT2D eigenvalue weighted by molar-refractivity contribution is 0.0256. The van der Waals surface area contributed by atoms with Crippen LogP contribution in [0.15, 0.2) is 12.2 Å². The number of hydrogen-bond donors (Lipinski definition) is 0. The van der Waals surface area contributed by atoms with Gasteiger partial charge in [0, 0.05) is 6.54 Å². The van der Waals surface area contributed by atoms with Crippen molar-refractivity contribution in [1.29, 1.82) is 0 Å². The van der Waals surface area contributed by atoms with E-state index in [0.717, 1.165) is 25.8 Å². The van der Waals surface area contributed by atoms with Crippen LogP contribution in [-0.2, 0) is 4.74 Å². The topological polar surface area (TPSA) is 29.5 Å². The fourth-order valence-electron chi connectivity index (χ4n) is 1.83. The zero-order valence-corrected chi connectivity index (χ0v) is 10.8. The molecule has 3 nitrogen and oxygen atoms in total. The van der Waals surface area contributed by atoms with E-state index in [2.05, 4.69) is 19.1 Å². The molecule has 0 aromatic carbocycles. The third-order valence-electron chi connectivity index (χ3n) is 2.52. The number of allylic oxidation sites excluding steroid dienone is 1. The Kier molecular flexibility index (Phi) is 4.39. The van der Waals surface area contributed by atoms with Crippen molar-refractivity contribution >= 4 is 6.09 Å². The summed E-state index contributed by atoms with van der Waals surface area (Å²) in [7, 11) is 0. The van der Waals surface area contributed by atoms with Crippen molar-refractivity contribution < 1.29 is 9.53 Å². The highest BCUT2D eigenvalue weighted by Crippen LogP contribution is 2.21. The number of amides is 1. The first-order chi connectivity index (χ1) is 7.44. The highest BCUT2D eigenvalue weighted by molar-refractivity contribution is 5.69. The van der Waals surface area contributed by atoms with E-state index in [4.69, 9.17) is 4.74 Å². The average Bonchev–Trinajstić information content (AvgIpc) is 2.59. The van der Waals surface area contributed by atoms with Gasteiger partial charge in [-0.15, -0.1) is 0 Å². The number of nitrogens with zero attached hydrogens (tertiary/aromatic N) is 1. The molecule has 0 spiro atoms. The molecule has 16 heavy (non-hydrogen) atoms. The van der Waals surface area contributed by atoms with Gasteiger partial charge in [-0.25, -0.2) is 4.79 Å². The van der Waals surface area contributed by atoms with Crippen molar-refractivity contribution in [2.24, 2.45) is 0 Å². The van der Waals surface area contributed by atoms with Gasteiger partial charge in [0.1, 0.15) is 5.60 Å². The molecule has 1 saturated heterocycles. The summed E-state index contributed by atoms with van der Waals surface area (Å²) >= 11 is 0. The van der Waals surface area contributed by atoms with Crippen molar-refractivity contribution in [3.05, 3.63) is 12.2 Å². The van der Waals surface area contributed by atoms with Crippen LogP contribution in [0.1, 0.15) is 47.0 Å². The number of carbonyl (C=O) groups excluding carboxylic acids is 1. The van der Waals surface area contributed by atoms with E-state index in [1.165, 1.54) is 0 Å². The van der Waals surface area contributed by atoms with Crippen LogP contribution in [0.4, 0.5) is 4.79 Å². The third kappa shape index (κ3) is 3.87. The Balaban J connectivity index is 2.57. The zero-order chi connectivity index (χ0) is 12.2. The van der Waals surface area contributed by atoms with Gasteiger partial charge in [0.15, 0.2) is 0 Å². The summed E-state index contributed by atoms with van der Waals surface area (Å²) in [5, 5.41) is 0. The quantitative estimate of drug-likeness (QED) is 0.674. The van der Waals surface area contributed by atoms with Crippen LogP contribution in [0.5, 0.6) is 0 Å². The van der Waals surface area contributed by atoms with E-state index in [9.17, 15) is 4.79 Å². The van der Waals surface area contributed by atoms with Crippen LogP contribution >= 0.6 is 0 Å². The molecule has 1 rings (SSSR count). The summed E-state index contributed by atoms with van der Waals surface area (Å²) < 4.78 is 5.38. The van der Waals surface area contributed by atoms with Crippen molar-refractivity contribution in [2.45, 2.75) is 58.6 Å². The second kappa shape index (κ2) is 5.37. The fraction of sp³-hybridized carbons (Fsp3) is 0.769. The molecule has 0 aromatic heterocycles. The Labute approximate surface area is 98.5 Å². The molecule has 0 N–H and O–H groups in total. The molecule has 1 fully saturated rings. The number of likely N-dealkylation sites (tertiary alicyclic amines) is 1. The van der Waals surface area contributed by atoms with Crippen LogP contribution in [0.2, 0.25) is 0 Å². The van der Waals surface area contributed by atoms with Crippen LogP contribution in [0.3, 0.4) is 0 Å². The van der Waals surface area contributed by atoms with Crippen molar-refractivity contribution in [2.75, 3.05) is 6.54 Å². The van der Waals surface area contributed by atoms with E-state index in [1.54, 1.807) is 0 Å². The Morgan fingerprint density at radius 2 is 2.19 bits per heavy atom. The Morgan fingerprint density at radius 3 is 2.75 bits per heavy atom. The Hall–Kier alpha value is -0.990. The third-order valence-corrected chi connectivity index (χ3v) is 2.52. The first-order valence-corrected chi connectivity index (χ1v) is 6.10. The largest absolute Gasteiger partial charge is 0.444 e. The van der Waals surface area contributed by atoms with Gasteiger partial charge >= 0.3 is 6.09 Å². The van der Waals surface area contributed by atoms with Gasteiger partial charge < -0.3 is 9.64 Å². The lowest BCUT2D eigenvalue weighted by atomic mass is 10.2. The molecule has 0 bridgehead atoms. The lowest BCUT2D eigenvalue weighted by Gasteiger charge is -2.27. The number of ether oxygens (including phenoxy) is 1. The van der Waals surface area contributed by atoms with Gasteiger partial charge in [-0.05, 0) is 40.0 Å². The van der Waals surface area contributed by atoms with Crippen molar-refractivity contribution in [1.82, 2.24) is 4.90 Å². The van der Waals surface area contributed by atoms with Crippen LogP contribution < -0.4 is 0 Å². The first-order valence-electron chi connectivity index (χ1n) is 6.10. The second-order valence-corrected chi connectivity index (χ2v) is 5.22. The second-order valence-electron chi connectivity index (χ2n) is 5.22. The molecule has 0 saturated carbocycles. The molecule has 1 heterocycles. The molecular formula is C13H23NO2. The van der Waals surface area contributed by atoms with Crippen LogP contribution in [-0.4, -0.2) is 29.2 Å². The monoisotopic (exact) mass is 225 g/mol. The maximum atomic E-state index is 11.9. The maximum absolute atomic E-state index is 11.9. The van der Waals surface area contributed by atoms with Gasteiger partial charge in [-0.3, -0.25) is 0 Å². The molecular weight excluding hydrogens is 202 g/mol. The van der Waals surface area contributed by atoms with Gasteiger partial charge in [-0.2, -0.15) is 0 Å². The van der Waals surface area contributed by atoms with Crippen LogP contribution in [0.25, 0.3) is 0 Å². The molecule has 0 aromatic rings. The summed E-state index contributed by atoms with van der Waals surface area (Å²) in [5.41, 5.74) is -0.404. The molecule has 1 amide bonds. The summed E-state index contributed by atoms with van der Waals surface area (Å²) in [6, 6.07) is 0.231. The predicted molar refractivity (Wildman–Crippen MR) is 65.4 cm³/mol. The van der Waals surface area contributed by atoms with E-state index in [-0.39, 0.29) is 12.1 Å². The summed E-state index contributed by atoms with van der Waals surface area (Å²) in [5.74, 6) is 0. The minimum absolute atomic E-state index is 0.184. The smallest absolute Gasteiger partial charge is 0.410 e. The number of rotatable bonds is 2.